The average molecular weight is 349 g/mol. The summed E-state index contributed by atoms with van der Waals surface area (Å²) in [6, 6.07) is 11.0. The van der Waals surface area contributed by atoms with E-state index < -0.39 is 0 Å². The first kappa shape index (κ1) is 16.3. The van der Waals surface area contributed by atoms with Crippen molar-refractivity contribution < 1.29 is 14.1 Å². The summed E-state index contributed by atoms with van der Waals surface area (Å²) in [5, 5.41) is 6.93. The minimum Gasteiger partial charge on any atom is -0.360 e. The number of H-pyrrole nitrogens is 1. The number of rotatable bonds is 6. The van der Waals surface area contributed by atoms with E-state index in [0.29, 0.717) is 40.7 Å². The van der Waals surface area contributed by atoms with Crippen LogP contribution in [0.5, 0.6) is 0 Å². The van der Waals surface area contributed by atoms with Gasteiger partial charge in [-0.05, 0) is 31.7 Å². The monoisotopic (exact) mass is 349 g/mol. The molecule has 1 fully saturated rings. The Morgan fingerprint density at radius 2 is 2.04 bits per heavy atom. The van der Waals surface area contributed by atoms with Gasteiger partial charge in [0, 0.05) is 23.9 Å². The van der Waals surface area contributed by atoms with Crippen LogP contribution in [0.1, 0.15) is 45.0 Å². The first-order chi connectivity index (χ1) is 12.6. The number of ketones is 1. The Morgan fingerprint density at radius 3 is 2.77 bits per heavy atom. The molecule has 2 aromatic heterocycles. The van der Waals surface area contributed by atoms with Crippen molar-refractivity contribution >= 4 is 11.7 Å². The van der Waals surface area contributed by atoms with E-state index in [1.165, 1.54) is 12.8 Å². The molecule has 0 aliphatic heterocycles. The molecule has 1 saturated carbocycles. The number of amides is 1. The van der Waals surface area contributed by atoms with Crippen molar-refractivity contribution in [3.05, 3.63) is 65.2 Å². The van der Waals surface area contributed by atoms with Crippen LogP contribution in [0.2, 0.25) is 0 Å². The van der Waals surface area contributed by atoms with Crippen molar-refractivity contribution in [2.45, 2.75) is 19.8 Å². The lowest BCUT2D eigenvalue weighted by atomic mass is 9.99. The molecule has 6 nitrogen and oxygen atoms in total. The van der Waals surface area contributed by atoms with Gasteiger partial charge in [-0.1, -0.05) is 35.5 Å². The summed E-state index contributed by atoms with van der Waals surface area (Å²) >= 11 is 0. The molecule has 0 radical (unpaired) electrons. The minimum absolute atomic E-state index is 0.193. The van der Waals surface area contributed by atoms with Gasteiger partial charge in [-0.2, -0.15) is 0 Å². The Bertz CT molecular complexity index is 952. The van der Waals surface area contributed by atoms with Crippen LogP contribution in [0.3, 0.4) is 0 Å². The van der Waals surface area contributed by atoms with E-state index in [-0.39, 0.29) is 11.7 Å². The summed E-state index contributed by atoms with van der Waals surface area (Å²) in [6.07, 6.45) is 3.89. The molecule has 4 rings (SSSR count). The summed E-state index contributed by atoms with van der Waals surface area (Å²) in [6.45, 7) is 2.40. The molecule has 0 unspecified atom stereocenters. The van der Waals surface area contributed by atoms with Crippen LogP contribution in [0.15, 0.2) is 47.1 Å². The molecule has 132 valence electrons. The van der Waals surface area contributed by atoms with Crippen molar-refractivity contribution in [1.82, 2.24) is 15.5 Å². The Morgan fingerprint density at radius 1 is 1.27 bits per heavy atom. The molecule has 3 aromatic rings. The zero-order chi connectivity index (χ0) is 18.1. The highest BCUT2D eigenvalue weighted by Crippen LogP contribution is 2.28. The molecule has 1 aliphatic carbocycles. The van der Waals surface area contributed by atoms with Gasteiger partial charge in [0.1, 0.15) is 17.1 Å². The van der Waals surface area contributed by atoms with Crippen LogP contribution >= 0.6 is 0 Å². The van der Waals surface area contributed by atoms with Gasteiger partial charge in [0.05, 0.1) is 5.56 Å². The maximum absolute atomic E-state index is 13.0. The number of carbonyl (C=O) groups is 2. The van der Waals surface area contributed by atoms with Crippen LogP contribution in [0.4, 0.5) is 0 Å². The number of aryl methyl sites for hydroxylation is 1. The molecular formula is C20H19N3O3. The van der Waals surface area contributed by atoms with Crippen molar-refractivity contribution in [2.24, 2.45) is 5.92 Å². The standard InChI is InChI=1S/C20H19N3O3/c1-12-17(18(23-26-12)14-5-3-2-4-6-14)19(24)15-9-16(21-11-15)20(25)22-10-13-7-8-13/h2-6,9,11,13,21H,7-8,10H2,1H3,(H,22,25). The second-order valence-electron chi connectivity index (χ2n) is 6.61. The lowest BCUT2D eigenvalue weighted by molar-refractivity contribution is 0.0947. The van der Waals surface area contributed by atoms with E-state index in [0.717, 1.165) is 5.56 Å². The number of hydrogen-bond acceptors (Lipinski definition) is 4. The fraction of sp³-hybridized carbons (Fsp3) is 0.250. The maximum atomic E-state index is 13.0. The largest absolute Gasteiger partial charge is 0.360 e. The molecule has 1 aliphatic rings. The van der Waals surface area contributed by atoms with Gasteiger partial charge in [-0.3, -0.25) is 9.59 Å². The third kappa shape index (κ3) is 3.18. The Balaban J connectivity index is 1.58. The fourth-order valence-corrected chi connectivity index (χ4v) is 2.89. The van der Waals surface area contributed by atoms with E-state index in [9.17, 15) is 9.59 Å². The molecule has 0 saturated heterocycles. The quantitative estimate of drug-likeness (QED) is 0.668. The predicted octanol–water partition coefficient (Wildman–Crippen LogP) is 3.35. The third-order valence-corrected chi connectivity index (χ3v) is 4.58. The predicted molar refractivity (Wildman–Crippen MR) is 96.0 cm³/mol. The molecule has 2 heterocycles. The fourth-order valence-electron chi connectivity index (χ4n) is 2.89. The minimum atomic E-state index is -0.222. The van der Waals surface area contributed by atoms with Crippen LogP contribution in [-0.2, 0) is 0 Å². The highest BCUT2D eigenvalue weighted by Gasteiger charge is 2.25. The van der Waals surface area contributed by atoms with Gasteiger partial charge in [-0.25, -0.2) is 0 Å². The molecule has 26 heavy (non-hydrogen) atoms. The topological polar surface area (TPSA) is 88.0 Å². The Hall–Kier alpha value is -3.15. The highest BCUT2D eigenvalue weighted by molar-refractivity contribution is 6.13. The number of aromatic amines is 1. The Labute approximate surface area is 150 Å². The summed E-state index contributed by atoms with van der Waals surface area (Å²) in [4.78, 5) is 28.0. The lowest BCUT2D eigenvalue weighted by Gasteiger charge is -2.01. The SMILES string of the molecule is Cc1onc(-c2ccccc2)c1C(=O)c1c[nH]c(C(=O)NCC2CC2)c1. The van der Waals surface area contributed by atoms with Gasteiger partial charge in [-0.15, -0.1) is 0 Å². The van der Waals surface area contributed by atoms with Crippen LogP contribution in [0, 0.1) is 12.8 Å². The van der Waals surface area contributed by atoms with Crippen LogP contribution < -0.4 is 5.32 Å². The Kier molecular flexibility index (Phi) is 4.16. The smallest absolute Gasteiger partial charge is 0.267 e. The molecular weight excluding hydrogens is 330 g/mol. The van der Waals surface area contributed by atoms with E-state index in [1.54, 1.807) is 19.2 Å². The van der Waals surface area contributed by atoms with E-state index in [1.807, 2.05) is 30.3 Å². The van der Waals surface area contributed by atoms with E-state index >= 15 is 0 Å². The average Bonchev–Trinajstić information content (AvgIpc) is 3.21. The molecule has 0 spiro atoms. The summed E-state index contributed by atoms with van der Waals surface area (Å²) in [7, 11) is 0. The number of aromatic nitrogens is 2. The van der Waals surface area contributed by atoms with Crippen LogP contribution in [0.25, 0.3) is 11.3 Å². The van der Waals surface area contributed by atoms with Crippen molar-refractivity contribution in [3.8, 4) is 11.3 Å². The van der Waals surface area contributed by atoms with E-state index in [4.69, 9.17) is 4.52 Å². The number of hydrogen-bond donors (Lipinski definition) is 2. The van der Waals surface area contributed by atoms with Crippen LogP contribution in [-0.4, -0.2) is 28.4 Å². The van der Waals surface area contributed by atoms with Gasteiger partial charge in [0.2, 0.25) is 0 Å². The number of benzene rings is 1. The molecule has 1 amide bonds. The number of carbonyl (C=O) groups excluding carboxylic acids is 2. The molecule has 0 atom stereocenters. The maximum Gasteiger partial charge on any atom is 0.267 e. The summed E-state index contributed by atoms with van der Waals surface area (Å²) < 4.78 is 5.26. The van der Waals surface area contributed by atoms with E-state index in [2.05, 4.69) is 15.5 Å². The van der Waals surface area contributed by atoms with Crippen molar-refractivity contribution in [2.75, 3.05) is 6.54 Å². The second kappa shape index (κ2) is 6.63. The normalized spacial score (nSPS) is 13.6. The lowest BCUT2D eigenvalue weighted by Crippen LogP contribution is -2.25. The number of nitrogens with one attached hydrogen (secondary N) is 2. The third-order valence-electron chi connectivity index (χ3n) is 4.58. The van der Waals surface area contributed by atoms with Crippen molar-refractivity contribution in [1.29, 1.82) is 0 Å². The molecule has 2 N–H and O–H groups in total. The molecule has 6 heteroatoms. The zero-order valence-corrected chi connectivity index (χ0v) is 14.4. The first-order valence-electron chi connectivity index (χ1n) is 8.66. The summed E-state index contributed by atoms with van der Waals surface area (Å²) in [5.74, 6) is 0.638. The van der Waals surface area contributed by atoms with Gasteiger partial charge >= 0.3 is 0 Å². The highest BCUT2D eigenvalue weighted by atomic mass is 16.5. The van der Waals surface area contributed by atoms with Gasteiger partial charge in [0.15, 0.2) is 5.78 Å². The molecule has 1 aromatic carbocycles. The first-order valence-corrected chi connectivity index (χ1v) is 8.66. The zero-order valence-electron chi connectivity index (χ0n) is 14.4. The van der Waals surface area contributed by atoms with Gasteiger partial charge in [0.25, 0.3) is 5.91 Å². The molecule has 0 bridgehead atoms. The van der Waals surface area contributed by atoms with Gasteiger partial charge < -0.3 is 14.8 Å². The second-order valence-corrected chi connectivity index (χ2v) is 6.61. The number of nitrogens with zero attached hydrogens (tertiary/aromatic N) is 1. The summed E-state index contributed by atoms with van der Waals surface area (Å²) in [5.41, 5.74) is 2.52. The van der Waals surface area contributed by atoms with Crippen molar-refractivity contribution in [3.63, 3.8) is 0 Å².